The zero-order chi connectivity index (χ0) is 15.6. The fourth-order valence-corrected chi connectivity index (χ4v) is 2.87. The number of nitrogens with one attached hydrogen (secondary N) is 2. The van der Waals surface area contributed by atoms with Crippen LogP contribution in [0.5, 0.6) is 5.75 Å². The number of H-pyrrole nitrogens is 1. The van der Waals surface area contributed by atoms with Crippen molar-refractivity contribution in [3.05, 3.63) is 59.9 Å². The molecule has 0 radical (unpaired) electrons. The highest BCUT2D eigenvalue weighted by Crippen LogP contribution is 2.28. The van der Waals surface area contributed by atoms with E-state index in [0.29, 0.717) is 19.4 Å². The second kappa shape index (κ2) is 5.76. The number of aromatic amines is 1. The number of hydrogen-bond donors (Lipinski definition) is 2. The van der Waals surface area contributed by atoms with Crippen molar-refractivity contribution < 1.29 is 9.53 Å². The monoisotopic (exact) mass is 307 g/mol. The van der Waals surface area contributed by atoms with Crippen molar-refractivity contribution in [2.45, 2.75) is 18.9 Å². The number of nitrogens with zero attached hydrogens (tertiary/aromatic N) is 1. The molecule has 0 saturated carbocycles. The lowest BCUT2D eigenvalue weighted by Crippen LogP contribution is -2.38. The van der Waals surface area contributed by atoms with Gasteiger partial charge in [-0.25, -0.2) is 4.98 Å². The van der Waals surface area contributed by atoms with Gasteiger partial charge in [-0.05, 0) is 23.8 Å². The second-order valence-corrected chi connectivity index (χ2v) is 5.66. The number of aromatic nitrogens is 2. The van der Waals surface area contributed by atoms with E-state index in [0.717, 1.165) is 28.2 Å². The Hall–Kier alpha value is -2.82. The summed E-state index contributed by atoms with van der Waals surface area (Å²) >= 11 is 0. The lowest BCUT2D eigenvalue weighted by atomic mass is 10.1. The Morgan fingerprint density at radius 1 is 1.22 bits per heavy atom. The fraction of sp³-hybridized carbons (Fsp3) is 0.222. The molecule has 1 aromatic heterocycles. The first-order valence-electron chi connectivity index (χ1n) is 7.75. The Kier molecular flexibility index (Phi) is 3.46. The van der Waals surface area contributed by atoms with E-state index in [9.17, 15) is 4.79 Å². The average Bonchev–Trinajstić information content (AvgIpc) is 3.18. The number of imidazole rings is 1. The molecule has 0 fully saturated rings. The maximum Gasteiger partial charge on any atom is 0.261 e. The third-order valence-corrected chi connectivity index (χ3v) is 4.04. The standard InChI is InChI=1S/C18H17N3O2/c22-18(16-11-12-5-1-4-8-15(12)23-16)19-10-9-17-20-13-6-2-3-7-14(13)21-17/h1-8,16H,9-11H2,(H,19,22)(H,20,21)/t16-/m1/s1. The van der Waals surface area contributed by atoms with Gasteiger partial charge in [-0.3, -0.25) is 4.79 Å². The normalized spacial score (nSPS) is 16.1. The Labute approximate surface area is 133 Å². The summed E-state index contributed by atoms with van der Waals surface area (Å²) in [5, 5.41) is 2.93. The number of para-hydroxylation sites is 3. The minimum Gasteiger partial charge on any atom is -0.480 e. The Morgan fingerprint density at radius 3 is 2.91 bits per heavy atom. The van der Waals surface area contributed by atoms with Crippen molar-refractivity contribution in [3.8, 4) is 5.75 Å². The topological polar surface area (TPSA) is 67.0 Å². The van der Waals surface area contributed by atoms with Crippen LogP contribution < -0.4 is 10.1 Å². The molecule has 2 N–H and O–H groups in total. The first-order chi connectivity index (χ1) is 11.3. The van der Waals surface area contributed by atoms with Gasteiger partial charge in [0.1, 0.15) is 11.6 Å². The number of rotatable bonds is 4. The number of hydrogen-bond acceptors (Lipinski definition) is 3. The second-order valence-electron chi connectivity index (χ2n) is 5.66. The van der Waals surface area contributed by atoms with Gasteiger partial charge in [0.05, 0.1) is 11.0 Å². The van der Waals surface area contributed by atoms with E-state index in [2.05, 4.69) is 15.3 Å². The number of benzene rings is 2. The first kappa shape index (κ1) is 13.8. The van der Waals surface area contributed by atoms with Crippen molar-refractivity contribution in [1.82, 2.24) is 15.3 Å². The van der Waals surface area contributed by atoms with Crippen LogP contribution in [0.2, 0.25) is 0 Å². The van der Waals surface area contributed by atoms with Crippen LogP contribution in [0, 0.1) is 0 Å². The molecule has 1 atom stereocenters. The summed E-state index contributed by atoms with van der Waals surface area (Å²) in [6.45, 7) is 0.537. The third kappa shape index (κ3) is 2.77. The average molecular weight is 307 g/mol. The molecule has 5 heteroatoms. The first-order valence-corrected chi connectivity index (χ1v) is 7.75. The Morgan fingerprint density at radius 2 is 2.04 bits per heavy atom. The van der Waals surface area contributed by atoms with Gasteiger partial charge in [0, 0.05) is 19.4 Å². The van der Waals surface area contributed by atoms with Crippen LogP contribution in [-0.2, 0) is 17.6 Å². The lowest BCUT2D eigenvalue weighted by Gasteiger charge is -2.10. The molecule has 23 heavy (non-hydrogen) atoms. The maximum absolute atomic E-state index is 12.2. The molecule has 4 rings (SSSR count). The van der Waals surface area contributed by atoms with Gasteiger partial charge in [0.25, 0.3) is 5.91 Å². The molecule has 3 aromatic rings. The third-order valence-electron chi connectivity index (χ3n) is 4.04. The summed E-state index contributed by atoms with van der Waals surface area (Å²) in [5.74, 6) is 1.62. The SMILES string of the molecule is O=C(NCCc1nc2ccccc2[nH]1)[C@H]1Cc2ccccc2O1. The molecule has 0 aliphatic carbocycles. The van der Waals surface area contributed by atoms with E-state index < -0.39 is 6.10 Å². The van der Waals surface area contributed by atoms with Gasteiger partial charge in [0.2, 0.25) is 0 Å². The van der Waals surface area contributed by atoms with E-state index in [1.807, 2.05) is 48.5 Å². The van der Waals surface area contributed by atoms with Crippen molar-refractivity contribution in [2.24, 2.45) is 0 Å². The molecule has 0 saturated heterocycles. The molecular formula is C18H17N3O2. The number of amides is 1. The van der Waals surface area contributed by atoms with Gasteiger partial charge >= 0.3 is 0 Å². The summed E-state index contributed by atoms with van der Waals surface area (Å²) in [6.07, 6.45) is 0.871. The van der Waals surface area contributed by atoms with E-state index in [4.69, 9.17) is 4.74 Å². The molecular weight excluding hydrogens is 290 g/mol. The highest BCUT2D eigenvalue weighted by molar-refractivity contribution is 5.82. The van der Waals surface area contributed by atoms with Gasteiger partial charge in [-0.1, -0.05) is 30.3 Å². The van der Waals surface area contributed by atoms with Gasteiger partial charge in [-0.2, -0.15) is 0 Å². The molecule has 1 amide bonds. The highest BCUT2D eigenvalue weighted by atomic mass is 16.5. The van der Waals surface area contributed by atoms with E-state index >= 15 is 0 Å². The molecule has 1 aliphatic heterocycles. The van der Waals surface area contributed by atoms with Crippen LogP contribution in [-0.4, -0.2) is 28.5 Å². The molecule has 1 aliphatic rings. The predicted octanol–water partition coefficient (Wildman–Crippen LogP) is 2.23. The van der Waals surface area contributed by atoms with Crippen LogP contribution in [0.3, 0.4) is 0 Å². The van der Waals surface area contributed by atoms with Crippen molar-refractivity contribution in [3.63, 3.8) is 0 Å². The van der Waals surface area contributed by atoms with Gasteiger partial charge in [-0.15, -0.1) is 0 Å². The molecule has 2 aromatic carbocycles. The van der Waals surface area contributed by atoms with E-state index in [1.165, 1.54) is 0 Å². The van der Waals surface area contributed by atoms with E-state index in [1.54, 1.807) is 0 Å². The van der Waals surface area contributed by atoms with Gasteiger partial charge in [0.15, 0.2) is 6.10 Å². The number of carbonyl (C=O) groups excluding carboxylic acids is 1. The quantitative estimate of drug-likeness (QED) is 0.776. The summed E-state index contributed by atoms with van der Waals surface area (Å²) in [6, 6.07) is 15.7. The summed E-state index contributed by atoms with van der Waals surface area (Å²) in [5.41, 5.74) is 3.05. The molecule has 0 bridgehead atoms. The van der Waals surface area contributed by atoms with Crippen LogP contribution in [0.4, 0.5) is 0 Å². The van der Waals surface area contributed by atoms with Crippen LogP contribution in [0.1, 0.15) is 11.4 Å². The smallest absolute Gasteiger partial charge is 0.261 e. The Bertz CT molecular complexity index is 798. The minimum atomic E-state index is -0.428. The van der Waals surface area contributed by atoms with E-state index in [-0.39, 0.29) is 5.91 Å². The summed E-state index contributed by atoms with van der Waals surface area (Å²) in [7, 11) is 0. The molecule has 0 unspecified atom stereocenters. The zero-order valence-corrected chi connectivity index (χ0v) is 12.6. The van der Waals surface area contributed by atoms with Crippen molar-refractivity contribution in [2.75, 3.05) is 6.54 Å². The predicted molar refractivity (Wildman–Crippen MR) is 87.4 cm³/mol. The number of carbonyl (C=O) groups is 1. The largest absolute Gasteiger partial charge is 0.480 e. The fourth-order valence-electron chi connectivity index (χ4n) is 2.87. The molecule has 0 spiro atoms. The van der Waals surface area contributed by atoms with Crippen molar-refractivity contribution in [1.29, 1.82) is 0 Å². The zero-order valence-electron chi connectivity index (χ0n) is 12.6. The lowest BCUT2D eigenvalue weighted by molar-refractivity contribution is -0.127. The Balaban J connectivity index is 1.32. The van der Waals surface area contributed by atoms with Crippen LogP contribution in [0.25, 0.3) is 11.0 Å². The van der Waals surface area contributed by atoms with Crippen LogP contribution in [0.15, 0.2) is 48.5 Å². The van der Waals surface area contributed by atoms with Gasteiger partial charge < -0.3 is 15.0 Å². The highest BCUT2D eigenvalue weighted by Gasteiger charge is 2.28. The number of ether oxygens (including phenoxy) is 1. The molecule has 2 heterocycles. The molecule has 5 nitrogen and oxygen atoms in total. The summed E-state index contributed by atoms with van der Waals surface area (Å²) in [4.78, 5) is 20.0. The van der Waals surface area contributed by atoms with Crippen molar-refractivity contribution >= 4 is 16.9 Å². The van der Waals surface area contributed by atoms with Crippen LogP contribution >= 0.6 is 0 Å². The minimum absolute atomic E-state index is 0.0719. The molecule has 116 valence electrons. The number of fused-ring (bicyclic) bond motifs is 2. The summed E-state index contributed by atoms with van der Waals surface area (Å²) < 4.78 is 5.68. The maximum atomic E-state index is 12.2.